The SMILES string of the molecule is CN(c1ccccc1)S(=O)(=O)CC1=NC2=CC=NC(=O)C2c2cnccc21. The molecule has 4 rings (SSSR count). The van der Waals surface area contributed by atoms with E-state index in [1.165, 1.54) is 17.6 Å². The zero-order valence-corrected chi connectivity index (χ0v) is 15.3. The number of dihydropyridines is 1. The summed E-state index contributed by atoms with van der Waals surface area (Å²) in [6.07, 6.45) is 6.17. The highest BCUT2D eigenvalue weighted by molar-refractivity contribution is 7.93. The first kappa shape index (κ1) is 17.3. The number of para-hydroxylation sites is 1. The fourth-order valence-electron chi connectivity index (χ4n) is 3.17. The van der Waals surface area contributed by atoms with E-state index in [0.29, 0.717) is 28.2 Å². The Morgan fingerprint density at radius 3 is 2.70 bits per heavy atom. The average molecular weight is 380 g/mol. The van der Waals surface area contributed by atoms with Gasteiger partial charge in [-0.15, -0.1) is 0 Å². The maximum Gasteiger partial charge on any atom is 0.259 e. The highest BCUT2D eigenvalue weighted by atomic mass is 32.2. The molecule has 1 atom stereocenters. The lowest BCUT2D eigenvalue weighted by atomic mass is 9.87. The molecule has 3 heterocycles. The predicted octanol–water partition coefficient (Wildman–Crippen LogP) is 1.93. The molecule has 0 saturated heterocycles. The van der Waals surface area contributed by atoms with E-state index in [1.54, 1.807) is 48.8 Å². The monoisotopic (exact) mass is 380 g/mol. The molecule has 0 spiro atoms. The van der Waals surface area contributed by atoms with Crippen molar-refractivity contribution in [2.45, 2.75) is 5.92 Å². The molecule has 1 unspecified atom stereocenters. The van der Waals surface area contributed by atoms with Crippen LogP contribution in [-0.2, 0) is 14.8 Å². The van der Waals surface area contributed by atoms with Gasteiger partial charge in [-0.3, -0.25) is 19.1 Å². The Labute approximate surface area is 156 Å². The predicted molar refractivity (Wildman–Crippen MR) is 104 cm³/mol. The fraction of sp³-hybridized carbons (Fsp3) is 0.158. The lowest BCUT2D eigenvalue weighted by Gasteiger charge is -2.27. The lowest BCUT2D eigenvalue weighted by Crippen LogP contribution is -2.34. The average Bonchev–Trinajstić information content (AvgIpc) is 2.68. The van der Waals surface area contributed by atoms with Gasteiger partial charge in [0, 0.05) is 31.2 Å². The zero-order chi connectivity index (χ0) is 19.0. The first-order valence-corrected chi connectivity index (χ1v) is 9.90. The molecule has 2 aliphatic rings. The Morgan fingerprint density at radius 1 is 1.15 bits per heavy atom. The molecular weight excluding hydrogens is 364 g/mol. The van der Waals surface area contributed by atoms with Crippen molar-refractivity contribution in [3.8, 4) is 0 Å². The van der Waals surface area contributed by atoms with E-state index in [-0.39, 0.29) is 11.7 Å². The number of hydrogen-bond donors (Lipinski definition) is 0. The van der Waals surface area contributed by atoms with E-state index in [1.807, 2.05) is 6.07 Å². The van der Waals surface area contributed by atoms with Gasteiger partial charge in [0.25, 0.3) is 5.91 Å². The van der Waals surface area contributed by atoms with Gasteiger partial charge < -0.3 is 0 Å². The minimum absolute atomic E-state index is 0.287. The number of aromatic nitrogens is 1. The number of benzene rings is 1. The fourth-order valence-corrected chi connectivity index (χ4v) is 4.37. The number of fused-ring (bicyclic) bond motifs is 3. The summed E-state index contributed by atoms with van der Waals surface area (Å²) in [7, 11) is -2.16. The smallest absolute Gasteiger partial charge is 0.259 e. The van der Waals surface area contributed by atoms with Crippen molar-refractivity contribution in [2.75, 3.05) is 17.1 Å². The van der Waals surface area contributed by atoms with Crippen molar-refractivity contribution < 1.29 is 13.2 Å². The third-order valence-corrected chi connectivity index (χ3v) is 6.27. The van der Waals surface area contributed by atoms with Crippen LogP contribution < -0.4 is 4.31 Å². The first-order chi connectivity index (χ1) is 13.0. The largest absolute Gasteiger partial charge is 0.273 e. The molecule has 27 heavy (non-hydrogen) atoms. The number of anilines is 1. The normalized spacial score (nSPS) is 18.3. The number of aliphatic imine (C=N–C) groups is 2. The number of nitrogens with zero attached hydrogens (tertiary/aromatic N) is 4. The van der Waals surface area contributed by atoms with Gasteiger partial charge in [0.15, 0.2) is 0 Å². The third-order valence-electron chi connectivity index (χ3n) is 4.58. The van der Waals surface area contributed by atoms with Gasteiger partial charge in [0.05, 0.1) is 17.1 Å². The summed E-state index contributed by atoms with van der Waals surface area (Å²) in [5, 5.41) is 0. The Kier molecular flexibility index (Phi) is 4.19. The van der Waals surface area contributed by atoms with Gasteiger partial charge in [-0.1, -0.05) is 18.2 Å². The second-order valence-corrected chi connectivity index (χ2v) is 8.22. The highest BCUT2D eigenvalue weighted by Gasteiger charge is 2.35. The molecule has 136 valence electrons. The zero-order valence-electron chi connectivity index (χ0n) is 14.5. The number of pyridine rings is 1. The van der Waals surface area contributed by atoms with Crippen molar-refractivity contribution in [3.63, 3.8) is 0 Å². The molecule has 0 radical (unpaired) electrons. The van der Waals surface area contributed by atoms with Crippen LogP contribution >= 0.6 is 0 Å². The van der Waals surface area contributed by atoms with Gasteiger partial charge in [-0.25, -0.2) is 13.4 Å². The number of hydrogen-bond acceptors (Lipinski definition) is 5. The number of carbonyl (C=O) groups excluding carboxylic acids is 1. The number of allylic oxidation sites excluding steroid dienone is 1. The Morgan fingerprint density at radius 2 is 1.93 bits per heavy atom. The van der Waals surface area contributed by atoms with Crippen LogP contribution in [0.2, 0.25) is 0 Å². The number of carbonyl (C=O) groups is 1. The minimum atomic E-state index is -3.67. The van der Waals surface area contributed by atoms with E-state index in [4.69, 9.17) is 0 Å². The molecule has 0 bridgehead atoms. The van der Waals surface area contributed by atoms with E-state index < -0.39 is 15.9 Å². The molecule has 2 aliphatic heterocycles. The molecule has 0 saturated carbocycles. The molecule has 0 N–H and O–H groups in total. The Bertz CT molecular complexity index is 1100. The van der Waals surface area contributed by atoms with E-state index in [9.17, 15) is 13.2 Å². The second kappa shape index (κ2) is 6.55. The molecule has 1 aromatic heterocycles. The van der Waals surface area contributed by atoms with Crippen molar-refractivity contribution in [1.29, 1.82) is 0 Å². The first-order valence-electron chi connectivity index (χ1n) is 8.29. The summed E-state index contributed by atoms with van der Waals surface area (Å²) in [5.41, 5.74) is 2.69. The summed E-state index contributed by atoms with van der Waals surface area (Å²) >= 11 is 0. The quantitative estimate of drug-likeness (QED) is 0.810. The number of amides is 1. The van der Waals surface area contributed by atoms with Crippen molar-refractivity contribution >= 4 is 33.5 Å². The molecule has 1 amide bonds. The topological polar surface area (TPSA) is 92.1 Å². The molecule has 2 aromatic rings. The summed E-state index contributed by atoms with van der Waals surface area (Å²) in [6.45, 7) is 0. The maximum absolute atomic E-state index is 13.0. The third kappa shape index (κ3) is 3.08. The van der Waals surface area contributed by atoms with Crippen LogP contribution in [0.3, 0.4) is 0 Å². The van der Waals surface area contributed by atoms with Crippen LogP contribution in [-0.4, -0.2) is 44.0 Å². The Balaban J connectivity index is 1.74. The van der Waals surface area contributed by atoms with E-state index >= 15 is 0 Å². The second-order valence-electron chi connectivity index (χ2n) is 6.22. The van der Waals surface area contributed by atoms with Crippen LogP contribution in [0.5, 0.6) is 0 Å². The van der Waals surface area contributed by atoms with Crippen molar-refractivity contribution in [2.24, 2.45) is 9.98 Å². The maximum atomic E-state index is 13.0. The summed E-state index contributed by atoms with van der Waals surface area (Å²) in [5.74, 6) is -1.24. The highest BCUT2D eigenvalue weighted by Crippen LogP contribution is 2.35. The van der Waals surface area contributed by atoms with E-state index in [2.05, 4.69) is 15.0 Å². The summed E-state index contributed by atoms with van der Waals surface area (Å²) < 4.78 is 27.1. The molecule has 0 aliphatic carbocycles. The molecule has 7 nitrogen and oxygen atoms in total. The summed E-state index contributed by atoms with van der Waals surface area (Å²) in [6, 6.07) is 10.5. The van der Waals surface area contributed by atoms with Crippen LogP contribution in [0.25, 0.3) is 0 Å². The van der Waals surface area contributed by atoms with Crippen molar-refractivity contribution in [3.05, 3.63) is 71.7 Å². The van der Waals surface area contributed by atoms with Crippen LogP contribution in [0.1, 0.15) is 17.0 Å². The molecule has 8 heteroatoms. The van der Waals surface area contributed by atoms with Gasteiger partial charge in [0.1, 0.15) is 11.7 Å². The van der Waals surface area contributed by atoms with Gasteiger partial charge in [0.2, 0.25) is 10.0 Å². The van der Waals surface area contributed by atoms with Gasteiger partial charge in [-0.2, -0.15) is 0 Å². The lowest BCUT2D eigenvalue weighted by molar-refractivity contribution is -0.118. The minimum Gasteiger partial charge on any atom is -0.273 e. The van der Waals surface area contributed by atoms with Crippen LogP contribution in [0.4, 0.5) is 5.69 Å². The van der Waals surface area contributed by atoms with E-state index in [0.717, 1.165) is 0 Å². The molecule has 0 fully saturated rings. The number of sulfonamides is 1. The van der Waals surface area contributed by atoms with Gasteiger partial charge >= 0.3 is 0 Å². The summed E-state index contributed by atoms with van der Waals surface area (Å²) in [4.78, 5) is 24.6. The standard InChI is InChI=1S/C19H16N4O3S/c1-23(13-5-3-2-4-6-13)27(25,26)12-17-14-7-9-20-11-15(14)18-16(22-17)8-10-21-19(18)24/h2-11,18H,12H2,1H3. The van der Waals surface area contributed by atoms with Crippen LogP contribution in [0, 0.1) is 0 Å². The molecular formula is C19H16N4O3S. The van der Waals surface area contributed by atoms with Crippen LogP contribution in [0.15, 0.2) is 70.5 Å². The van der Waals surface area contributed by atoms with Gasteiger partial charge in [-0.05, 0) is 29.8 Å². The Hall–Kier alpha value is -3.13. The molecule has 1 aromatic carbocycles. The van der Waals surface area contributed by atoms with Crippen molar-refractivity contribution in [1.82, 2.24) is 4.98 Å². The number of rotatable bonds is 4.